The zero-order chi connectivity index (χ0) is 73.9. The monoisotopic (exact) mass is 1460 g/mol. The van der Waals surface area contributed by atoms with E-state index < -0.39 is 124 Å². The van der Waals surface area contributed by atoms with Crippen molar-refractivity contribution in [3.63, 3.8) is 0 Å². The molecule has 0 spiro atoms. The first-order chi connectivity index (χ1) is 49.8. The first kappa shape index (κ1) is 94.5. The molecule has 17 unspecified atom stereocenters. The highest BCUT2D eigenvalue weighted by molar-refractivity contribution is 5.76. The van der Waals surface area contributed by atoms with Crippen LogP contribution in [0.5, 0.6) is 0 Å². The van der Waals surface area contributed by atoms with Crippen LogP contribution < -0.4 is 5.32 Å². The normalized spacial score (nSPS) is 26.2. The van der Waals surface area contributed by atoms with Crippen LogP contribution in [-0.4, -0.2) is 193 Å². The average molecular weight is 1460 g/mol. The van der Waals surface area contributed by atoms with Crippen molar-refractivity contribution in [3.8, 4) is 0 Å². The molecule has 12 N–H and O–H groups in total. The summed E-state index contributed by atoms with van der Waals surface area (Å²) in [5.74, 6) is -0.234. The van der Waals surface area contributed by atoms with E-state index in [4.69, 9.17) is 28.4 Å². The second kappa shape index (κ2) is 64.1. The molecule has 3 rings (SSSR count). The Bertz CT molecular complexity index is 1940. The fourth-order valence-electron chi connectivity index (χ4n) is 14.7. The van der Waals surface area contributed by atoms with Crippen molar-refractivity contribution < 1.29 is 89.4 Å². The van der Waals surface area contributed by atoms with Crippen LogP contribution in [-0.2, 0) is 33.2 Å². The van der Waals surface area contributed by atoms with E-state index in [0.717, 1.165) is 51.4 Å². The van der Waals surface area contributed by atoms with Crippen molar-refractivity contribution in [2.45, 2.75) is 471 Å². The van der Waals surface area contributed by atoms with E-state index in [0.29, 0.717) is 12.8 Å². The van der Waals surface area contributed by atoms with Crippen LogP contribution in [0.2, 0.25) is 0 Å². The van der Waals surface area contributed by atoms with Gasteiger partial charge in [-0.3, -0.25) is 4.79 Å². The highest BCUT2D eigenvalue weighted by Gasteiger charge is 2.54. The summed E-state index contributed by atoms with van der Waals surface area (Å²) in [5.41, 5.74) is 0. The Labute approximate surface area is 619 Å². The molecule has 0 aromatic rings. The summed E-state index contributed by atoms with van der Waals surface area (Å²) in [4.78, 5) is 13.5. The van der Waals surface area contributed by atoms with Crippen molar-refractivity contribution in [2.75, 3.05) is 26.4 Å². The van der Waals surface area contributed by atoms with E-state index in [2.05, 4.69) is 43.5 Å². The second-order valence-corrected chi connectivity index (χ2v) is 30.7. The van der Waals surface area contributed by atoms with E-state index in [1.165, 1.54) is 283 Å². The van der Waals surface area contributed by atoms with Crippen LogP contribution in [0.25, 0.3) is 0 Å². The van der Waals surface area contributed by atoms with Gasteiger partial charge in [0.15, 0.2) is 18.9 Å². The molecule has 0 bridgehead atoms. The molecular weight excluding hydrogens is 1300 g/mol. The van der Waals surface area contributed by atoms with Crippen LogP contribution in [0.3, 0.4) is 0 Å². The van der Waals surface area contributed by atoms with Gasteiger partial charge in [-0.15, -0.1) is 0 Å². The Hall–Kier alpha value is -1.73. The highest BCUT2D eigenvalue weighted by Crippen LogP contribution is 2.34. The number of aliphatic hydroxyl groups is 11. The lowest BCUT2D eigenvalue weighted by Gasteiger charge is -2.48. The van der Waals surface area contributed by atoms with Crippen molar-refractivity contribution in [1.82, 2.24) is 5.32 Å². The maximum atomic E-state index is 13.5. The van der Waals surface area contributed by atoms with Gasteiger partial charge >= 0.3 is 0 Å². The molecule has 3 saturated heterocycles. The Kier molecular flexibility index (Phi) is 59.4. The van der Waals surface area contributed by atoms with E-state index >= 15 is 0 Å². The molecule has 0 saturated carbocycles. The lowest BCUT2D eigenvalue weighted by Crippen LogP contribution is -2.66. The minimum atomic E-state index is -1.97. The molecule has 602 valence electrons. The highest BCUT2D eigenvalue weighted by atomic mass is 16.8. The van der Waals surface area contributed by atoms with Crippen LogP contribution in [0.4, 0.5) is 0 Å². The topological polar surface area (TPSA) is 307 Å². The molecule has 3 fully saturated rings. The van der Waals surface area contributed by atoms with Gasteiger partial charge in [0, 0.05) is 6.42 Å². The SMILES string of the molecule is CCCCCCC/C=C\C/C=C\CCCCCCCCCCCCCCCCCCCCCCCC(=O)NC(COC1OC(CO)C(OC2OC(CO)C(OC3OC(CO)C(O)C(O)C3O)C(O)C2O)C(O)C1O)C(O)CCCCCCCCCCCCCCCCCCCCCCCCCC. The van der Waals surface area contributed by atoms with E-state index in [1.54, 1.807) is 0 Å². The Morgan fingerprint density at radius 3 is 1.00 bits per heavy atom. The zero-order valence-corrected chi connectivity index (χ0v) is 64.6. The first-order valence-corrected chi connectivity index (χ1v) is 42.6. The number of allylic oxidation sites excluding steroid dienone is 4. The Morgan fingerprint density at radius 2 is 0.647 bits per heavy atom. The number of carbonyl (C=O) groups excluding carboxylic acids is 1. The Morgan fingerprint density at radius 1 is 0.353 bits per heavy atom. The van der Waals surface area contributed by atoms with Gasteiger partial charge in [0.25, 0.3) is 0 Å². The first-order valence-electron chi connectivity index (χ1n) is 42.6. The quantitative estimate of drug-likeness (QED) is 0.0199. The summed E-state index contributed by atoms with van der Waals surface area (Å²) < 4.78 is 34.6. The maximum Gasteiger partial charge on any atom is 0.220 e. The predicted molar refractivity (Wildman–Crippen MR) is 406 cm³/mol. The number of carbonyl (C=O) groups is 1. The fraction of sp³-hybridized carbons (Fsp3) is 0.940. The van der Waals surface area contributed by atoms with E-state index in [9.17, 15) is 61.0 Å². The molecule has 17 atom stereocenters. The largest absolute Gasteiger partial charge is 0.394 e. The number of aliphatic hydroxyl groups excluding tert-OH is 11. The van der Waals surface area contributed by atoms with Gasteiger partial charge < -0.3 is 89.9 Å². The van der Waals surface area contributed by atoms with E-state index in [-0.39, 0.29) is 18.9 Å². The molecule has 1 amide bonds. The van der Waals surface area contributed by atoms with Crippen molar-refractivity contribution >= 4 is 5.91 Å². The number of nitrogens with one attached hydrogen (secondary N) is 1. The fourth-order valence-corrected chi connectivity index (χ4v) is 14.7. The number of unbranched alkanes of at least 4 members (excludes halogenated alkanes) is 49. The van der Waals surface area contributed by atoms with Gasteiger partial charge in [0.2, 0.25) is 5.91 Å². The molecule has 0 aromatic carbocycles. The Balaban J connectivity index is 1.33. The average Bonchev–Trinajstić information content (AvgIpc) is 0.781. The molecule has 3 aliphatic rings. The van der Waals surface area contributed by atoms with Gasteiger partial charge in [0.1, 0.15) is 73.2 Å². The summed E-state index contributed by atoms with van der Waals surface area (Å²) in [7, 11) is 0. The van der Waals surface area contributed by atoms with Crippen molar-refractivity contribution in [2.24, 2.45) is 0 Å². The number of hydrogen-bond acceptors (Lipinski definition) is 18. The van der Waals surface area contributed by atoms with Gasteiger partial charge in [-0.05, 0) is 44.9 Å². The predicted octanol–water partition coefficient (Wildman–Crippen LogP) is 14.9. The molecule has 19 nitrogen and oxygen atoms in total. The minimum Gasteiger partial charge on any atom is -0.394 e. The minimum absolute atomic E-state index is 0.234. The third-order valence-electron chi connectivity index (χ3n) is 21.5. The van der Waals surface area contributed by atoms with Crippen LogP contribution in [0, 0.1) is 0 Å². The summed E-state index contributed by atoms with van der Waals surface area (Å²) in [6.45, 7) is 1.86. The number of amides is 1. The molecule has 0 radical (unpaired) electrons. The van der Waals surface area contributed by atoms with E-state index in [1.807, 2.05) is 0 Å². The van der Waals surface area contributed by atoms with Crippen LogP contribution >= 0.6 is 0 Å². The number of ether oxygens (including phenoxy) is 6. The van der Waals surface area contributed by atoms with Crippen molar-refractivity contribution in [3.05, 3.63) is 24.3 Å². The number of hydrogen-bond donors (Lipinski definition) is 12. The van der Waals surface area contributed by atoms with Gasteiger partial charge in [0.05, 0.1) is 38.6 Å². The summed E-state index contributed by atoms with van der Waals surface area (Å²) in [6, 6.07) is -0.886. The van der Waals surface area contributed by atoms with Gasteiger partial charge in [-0.2, -0.15) is 0 Å². The maximum absolute atomic E-state index is 13.5. The molecule has 19 heteroatoms. The number of rotatable bonds is 69. The lowest BCUT2D eigenvalue weighted by atomic mass is 9.96. The third-order valence-corrected chi connectivity index (χ3v) is 21.5. The molecule has 3 heterocycles. The summed E-state index contributed by atoms with van der Waals surface area (Å²) in [5, 5.41) is 121. The van der Waals surface area contributed by atoms with Crippen LogP contribution in [0.15, 0.2) is 24.3 Å². The van der Waals surface area contributed by atoms with Gasteiger partial charge in [-0.1, -0.05) is 340 Å². The molecule has 3 aliphatic heterocycles. The molecule has 102 heavy (non-hydrogen) atoms. The second-order valence-electron chi connectivity index (χ2n) is 30.7. The van der Waals surface area contributed by atoms with Crippen molar-refractivity contribution in [1.29, 1.82) is 0 Å². The van der Waals surface area contributed by atoms with Crippen LogP contribution in [0.1, 0.15) is 367 Å². The molecule has 0 aliphatic carbocycles. The smallest absolute Gasteiger partial charge is 0.220 e. The summed E-state index contributed by atoms with van der Waals surface area (Å²) >= 11 is 0. The molecular formula is C83H157NO18. The van der Waals surface area contributed by atoms with Gasteiger partial charge in [-0.25, -0.2) is 0 Å². The zero-order valence-electron chi connectivity index (χ0n) is 64.6. The standard InChI is InChI=1S/C83H157NO18/c1-3-5-7-9-11-13-15-17-19-21-23-25-27-29-30-31-32-33-34-35-36-37-39-41-43-45-47-49-51-53-55-57-59-61-71(89)84-66(67(88)60-58-56-54-52-50-48-46-44-42-40-38-28-26-24-22-20-18-16-14-12-10-8-6-4-2)65-97-81-77(95)74(92)79(69(63-86)99-81)102-83-78(96)75(93)80(70(64-87)100-83)101-82-76(94)73(91)72(90)68(62-85)98-82/h15,17,21,23,66-70,72-83,85-88,90-96H,3-14,16,18-20,22,24-65H2,1-2H3,(H,84,89)/b17-15-,23-21-. The molecule has 0 aromatic heterocycles. The summed E-state index contributed by atoms with van der Waals surface area (Å²) in [6.07, 6.45) is 51.3. The third kappa shape index (κ3) is 43.5. The lowest BCUT2D eigenvalue weighted by molar-refractivity contribution is -0.379.